The highest BCUT2D eigenvalue weighted by molar-refractivity contribution is 9.10. The lowest BCUT2D eigenvalue weighted by atomic mass is 10.2. The molecule has 9 heteroatoms. The van der Waals surface area contributed by atoms with E-state index < -0.39 is 15.8 Å². The first-order valence-electron chi connectivity index (χ1n) is 8.12. The molecule has 1 atom stereocenters. The Kier molecular flexibility index (Phi) is 6.95. The summed E-state index contributed by atoms with van der Waals surface area (Å²) in [4.78, 5) is 15.8. The lowest BCUT2D eigenvalue weighted by Gasteiger charge is -2.26. The first-order valence-corrected chi connectivity index (χ1v) is 10.4. The van der Waals surface area contributed by atoms with Crippen LogP contribution in [-0.4, -0.2) is 63.9 Å². The predicted octanol–water partition coefficient (Wildman–Crippen LogP) is 1.81. The summed E-state index contributed by atoms with van der Waals surface area (Å²) >= 11 is 3.07. The number of benzene rings is 1. The Bertz CT molecular complexity index is 727. The molecule has 0 aromatic heterocycles. The number of halogens is 2. The molecular formula is C16H23BrFN3O3S. The number of hydrogen-bond donors (Lipinski definition) is 1. The van der Waals surface area contributed by atoms with Crippen LogP contribution in [0.25, 0.3) is 0 Å². The summed E-state index contributed by atoms with van der Waals surface area (Å²) in [7, 11) is -0.217. The van der Waals surface area contributed by atoms with Crippen molar-refractivity contribution in [1.82, 2.24) is 14.5 Å². The molecule has 1 fully saturated rings. The van der Waals surface area contributed by atoms with Gasteiger partial charge in [0.2, 0.25) is 15.9 Å². The van der Waals surface area contributed by atoms with Crippen LogP contribution in [0.2, 0.25) is 0 Å². The number of hydrogen-bond acceptors (Lipinski definition) is 4. The van der Waals surface area contributed by atoms with Crippen molar-refractivity contribution in [1.29, 1.82) is 0 Å². The molecule has 0 saturated carbocycles. The molecule has 1 unspecified atom stereocenters. The standard InChI is InChI=1S/C16H23BrFN3O3S/c1-20(2)16(22)14-5-3-9-21(14)10-4-8-19-25(23,24)15-7-6-12(18)11-13(15)17/h6-7,11,14,19H,3-5,8-10H2,1-2H3. The van der Waals surface area contributed by atoms with Crippen molar-refractivity contribution >= 4 is 31.9 Å². The van der Waals surface area contributed by atoms with E-state index in [1.807, 2.05) is 0 Å². The Balaban J connectivity index is 1.87. The van der Waals surface area contributed by atoms with Crippen LogP contribution in [-0.2, 0) is 14.8 Å². The maximum Gasteiger partial charge on any atom is 0.241 e. The Morgan fingerprint density at radius 1 is 1.44 bits per heavy atom. The Morgan fingerprint density at radius 2 is 2.16 bits per heavy atom. The molecule has 0 radical (unpaired) electrons. The minimum Gasteiger partial charge on any atom is -0.347 e. The van der Waals surface area contributed by atoms with Crippen LogP contribution in [0.5, 0.6) is 0 Å². The van der Waals surface area contributed by atoms with Gasteiger partial charge in [-0.05, 0) is 59.9 Å². The molecule has 1 saturated heterocycles. The monoisotopic (exact) mass is 435 g/mol. The van der Waals surface area contributed by atoms with Gasteiger partial charge in [-0.1, -0.05) is 0 Å². The second-order valence-electron chi connectivity index (χ2n) is 6.25. The molecule has 6 nitrogen and oxygen atoms in total. The number of amides is 1. The van der Waals surface area contributed by atoms with Crippen molar-refractivity contribution < 1.29 is 17.6 Å². The summed E-state index contributed by atoms with van der Waals surface area (Å²) < 4.78 is 40.4. The number of nitrogens with one attached hydrogen (secondary N) is 1. The lowest BCUT2D eigenvalue weighted by Crippen LogP contribution is -2.43. The first-order chi connectivity index (χ1) is 11.7. The fourth-order valence-electron chi connectivity index (χ4n) is 2.93. The maximum atomic E-state index is 13.1. The van der Waals surface area contributed by atoms with Crippen LogP contribution >= 0.6 is 15.9 Å². The van der Waals surface area contributed by atoms with Crippen molar-refractivity contribution in [2.45, 2.75) is 30.2 Å². The van der Waals surface area contributed by atoms with Crippen molar-refractivity contribution in [2.24, 2.45) is 0 Å². The molecule has 0 aliphatic carbocycles. The summed E-state index contributed by atoms with van der Waals surface area (Å²) in [5, 5.41) is 0. The van der Waals surface area contributed by atoms with E-state index in [9.17, 15) is 17.6 Å². The van der Waals surface area contributed by atoms with Crippen LogP contribution in [0.3, 0.4) is 0 Å². The molecule has 0 spiro atoms. The number of carbonyl (C=O) groups excluding carboxylic acids is 1. The van der Waals surface area contributed by atoms with Gasteiger partial charge in [0.05, 0.1) is 10.9 Å². The highest BCUT2D eigenvalue weighted by atomic mass is 79.9. The lowest BCUT2D eigenvalue weighted by molar-refractivity contribution is -0.133. The zero-order valence-electron chi connectivity index (χ0n) is 14.3. The number of rotatable bonds is 7. The van der Waals surface area contributed by atoms with E-state index in [2.05, 4.69) is 25.6 Å². The summed E-state index contributed by atoms with van der Waals surface area (Å²) in [5.41, 5.74) is 0. The largest absolute Gasteiger partial charge is 0.347 e. The van der Waals surface area contributed by atoms with Gasteiger partial charge < -0.3 is 4.90 Å². The molecule has 1 aromatic rings. The van der Waals surface area contributed by atoms with E-state index in [0.717, 1.165) is 31.5 Å². The first kappa shape index (κ1) is 20.3. The maximum absolute atomic E-state index is 13.1. The highest BCUT2D eigenvalue weighted by Gasteiger charge is 2.31. The second kappa shape index (κ2) is 8.57. The molecule has 1 amide bonds. The second-order valence-corrected chi connectivity index (χ2v) is 8.84. The Morgan fingerprint density at radius 3 is 2.80 bits per heavy atom. The van der Waals surface area contributed by atoms with Gasteiger partial charge >= 0.3 is 0 Å². The minimum atomic E-state index is -3.70. The van der Waals surface area contributed by atoms with Gasteiger partial charge in [-0.15, -0.1) is 0 Å². The zero-order chi connectivity index (χ0) is 18.6. The molecule has 0 bridgehead atoms. The third kappa shape index (κ3) is 5.22. The van der Waals surface area contributed by atoms with Crippen molar-refractivity contribution in [3.05, 3.63) is 28.5 Å². The molecule has 1 aromatic carbocycles. The zero-order valence-corrected chi connectivity index (χ0v) is 16.7. The van der Waals surface area contributed by atoms with E-state index in [0.29, 0.717) is 13.0 Å². The van der Waals surface area contributed by atoms with E-state index in [1.165, 1.54) is 6.07 Å². The van der Waals surface area contributed by atoms with E-state index in [-0.39, 0.29) is 27.9 Å². The molecule has 1 aliphatic heterocycles. The fraction of sp³-hybridized carbons (Fsp3) is 0.562. The smallest absolute Gasteiger partial charge is 0.241 e. The van der Waals surface area contributed by atoms with Crippen LogP contribution in [0.15, 0.2) is 27.6 Å². The molecule has 1 aliphatic rings. The van der Waals surface area contributed by atoms with E-state index in [1.54, 1.807) is 19.0 Å². The van der Waals surface area contributed by atoms with Crippen molar-refractivity contribution in [3.63, 3.8) is 0 Å². The van der Waals surface area contributed by atoms with Gasteiger partial charge in [0.15, 0.2) is 0 Å². The molecule has 140 valence electrons. The van der Waals surface area contributed by atoms with Gasteiger partial charge in [-0.3, -0.25) is 9.69 Å². The third-order valence-corrected chi connectivity index (χ3v) is 6.62. The fourth-order valence-corrected chi connectivity index (χ4v) is 5.05. The average molecular weight is 436 g/mol. The Labute approximate surface area is 156 Å². The minimum absolute atomic E-state index is 0.00994. The van der Waals surface area contributed by atoms with Crippen LogP contribution in [0, 0.1) is 5.82 Å². The van der Waals surface area contributed by atoms with Gasteiger partial charge in [-0.25, -0.2) is 17.5 Å². The van der Waals surface area contributed by atoms with Gasteiger partial charge in [0.25, 0.3) is 0 Å². The van der Waals surface area contributed by atoms with Gasteiger partial charge in [-0.2, -0.15) is 0 Å². The van der Waals surface area contributed by atoms with Gasteiger partial charge in [0, 0.05) is 31.7 Å². The number of likely N-dealkylation sites (N-methyl/N-ethyl adjacent to an activating group) is 1. The molecule has 1 heterocycles. The summed E-state index contributed by atoms with van der Waals surface area (Å²) in [6.07, 6.45) is 2.40. The number of carbonyl (C=O) groups is 1. The third-order valence-electron chi connectivity index (χ3n) is 4.19. The SMILES string of the molecule is CN(C)C(=O)C1CCCN1CCCNS(=O)(=O)c1ccc(F)cc1Br. The molecule has 1 N–H and O–H groups in total. The summed E-state index contributed by atoms with van der Waals surface area (Å²) in [6, 6.07) is 3.35. The van der Waals surface area contributed by atoms with Crippen LogP contribution in [0.4, 0.5) is 4.39 Å². The van der Waals surface area contributed by atoms with Gasteiger partial charge in [0.1, 0.15) is 5.82 Å². The van der Waals surface area contributed by atoms with Crippen molar-refractivity contribution in [2.75, 3.05) is 33.7 Å². The van der Waals surface area contributed by atoms with E-state index in [4.69, 9.17) is 0 Å². The highest BCUT2D eigenvalue weighted by Crippen LogP contribution is 2.23. The molecule has 2 rings (SSSR count). The predicted molar refractivity (Wildman–Crippen MR) is 97.2 cm³/mol. The molecule has 25 heavy (non-hydrogen) atoms. The number of sulfonamides is 1. The quantitative estimate of drug-likeness (QED) is 0.663. The van der Waals surface area contributed by atoms with E-state index >= 15 is 0 Å². The van der Waals surface area contributed by atoms with Crippen LogP contribution in [0.1, 0.15) is 19.3 Å². The topological polar surface area (TPSA) is 69.7 Å². The number of nitrogens with zero attached hydrogens (tertiary/aromatic N) is 2. The van der Waals surface area contributed by atoms with Crippen molar-refractivity contribution in [3.8, 4) is 0 Å². The van der Waals surface area contributed by atoms with Crippen LogP contribution < -0.4 is 4.72 Å². The normalized spacial score (nSPS) is 18.5. The average Bonchev–Trinajstić information content (AvgIpc) is 2.98. The number of likely N-dealkylation sites (tertiary alicyclic amines) is 1. The Hall–Kier alpha value is -1.03. The molecular weight excluding hydrogens is 413 g/mol. The summed E-state index contributed by atoms with van der Waals surface area (Å²) in [5.74, 6) is -0.412. The summed E-state index contributed by atoms with van der Waals surface area (Å²) in [6.45, 7) is 1.75.